The largest absolute Gasteiger partial charge is 0.384 e. The molecule has 0 aromatic carbocycles. The molecule has 0 fully saturated rings. The number of allylic oxidation sites excluding steroid dienone is 4. The molecule has 0 saturated carbocycles. The Morgan fingerprint density at radius 1 is 1.41 bits per heavy atom. The van der Waals surface area contributed by atoms with Crippen molar-refractivity contribution in [1.82, 2.24) is 0 Å². The fourth-order valence-electron chi connectivity index (χ4n) is 2.01. The highest BCUT2D eigenvalue weighted by Crippen LogP contribution is 2.41. The van der Waals surface area contributed by atoms with Crippen molar-refractivity contribution in [1.29, 1.82) is 0 Å². The van der Waals surface area contributed by atoms with Gasteiger partial charge in [0.2, 0.25) is 0 Å². The van der Waals surface area contributed by atoms with Crippen molar-refractivity contribution >= 4 is 12.1 Å². The molecule has 3 nitrogen and oxygen atoms in total. The van der Waals surface area contributed by atoms with Crippen LogP contribution < -0.4 is 0 Å². The molecule has 0 heterocycles. The Hall–Kier alpha value is -1.48. The van der Waals surface area contributed by atoms with Gasteiger partial charge in [-0.25, -0.2) is 0 Å². The van der Waals surface area contributed by atoms with Crippen molar-refractivity contribution < 1.29 is 14.7 Å². The van der Waals surface area contributed by atoms with Crippen LogP contribution in [0.1, 0.15) is 27.7 Å². The second-order valence-corrected chi connectivity index (χ2v) is 4.91. The standard InChI is InChI=1S/C14H18O3/c1-9(7-8-15)5-6-11-10(2)12(16)13(17)14(11,3)4/h5-8,13,17H,1-4H3/b6-5+,9-7+. The summed E-state index contributed by atoms with van der Waals surface area (Å²) >= 11 is 0. The lowest BCUT2D eigenvalue weighted by Crippen LogP contribution is -2.30. The summed E-state index contributed by atoms with van der Waals surface area (Å²) in [5, 5.41) is 9.84. The predicted octanol–water partition coefficient (Wildman–Crippen LogP) is 1.97. The molecule has 92 valence electrons. The van der Waals surface area contributed by atoms with E-state index in [0.29, 0.717) is 5.57 Å². The number of aliphatic hydroxyl groups excluding tert-OH is 1. The van der Waals surface area contributed by atoms with Crippen LogP contribution in [0, 0.1) is 5.41 Å². The Kier molecular flexibility index (Phi) is 3.83. The Morgan fingerprint density at radius 3 is 2.41 bits per heavy atom. The van der Waals surface area contributed by atoms with Gasteiger partial charge in [-0.2, -0.15) is 0 Å². The van der Waals surface area contributed by atoms with E-state index in [1.165, 1.54) is 6.08 Å². The summed E-state index contributed by atoms with van der Waals surface area (Å²) in [6.45, 7) is 7.20. The molecular weight excluding hydrogens is 216 g/mol. The Bertz CT molecular complexity index is 436. The highest BCUT2D eigenvalue weighted by atomic mass is 16.3. The monoisotopic (exact) mass is 234 g/mol. The molecule has 3 heteroatoms. The van der Waals surface area contributed by atoms with E-state index in [4.69, 9.17) is 0 Å². The van der Waals surface area contributed by atoms with Crippen LogP contribution in [-0.2, 0) is 9.59 Å². The van der Waals surface area contributed by atoms with Crippen molar-refractivity contribution in [3.05, 3.63) is 34.9 Å². The first-order valence-corrected chi connectivity index (χ1v) is 5.56. The number of carbonyl (C=O) groups is 2. The summed E-state index contributed by atoms with van der Waals surface area (Å²) in [5.41, 5.74) is 1.66. The van der Waals surface area contributed by atoms with E-state index in [9.17, 15) is 14.7 Å². The van der Waals surface area contributed by atoms with Crippen LogP contribution in [0.5, 0.6) is 0 Å². The quantitative estimate of drug-likeness (QED) is 0.461. The lowest BCUT2D eigenvalue weighted by molar-refractivity contribution is -0.125. The van der Waals surface area contributed by atoms with Gasteiger partial charge in [-0.1, -0.05) is 26.0 Å². The number of Topliss-reactive ketones (excluding diaryl/α,β-unsaturated/α-hetero) is 1. The first-order chi connectivity index (χ1) is 7.82. The zero-order valence-corrected chi connectivity index (χ0v) is 10.7. The van der Waals surface area contributed by atoms with Crippen molar-refractivity contribution in [2.24, 2.45) is 5.41 Å². The van der Waals surface area contributed by atoms with Crippen LogP contribution in [0.2, 0.25) is 0 Å². The van der Waals surface area contributed by atoms with Gasteiger partial charge >= 0.3 is 0 Å². The minimum Gasteiger partial charge on any atom is -0.384 e. The first kappa shape index (κ1) is 13.6. The SMILES string of the molecule is CC1=C(/C=C/C(C)=C/C=O)C(C)(C)C(O)C1=O. The van der Waals surface area contributed by atoms with Gasteiger partial charge < -0.3 is 5.11 Å². The van der Waals surface area contributed by atoms with Crippen LogP contribution in [0.3, 0.4) is 0 Å². The summed E-state index contributed by atoms with van der Waals surface area (Å²) in [6, 6.07) is 0. The van der Waals surface area contributed by atoms with Crippen LogP contribution >= 0.6 is 0 Å². The molecule has 1 unspecified atom stereocenters. The van der Waals surface area contributed by atoms with Gasteiger partial charge in [0.25, 0.3) is 0 Å². The van der Waals surface area contributed by atoms with E-state index in [1.807, 2.05) is 13.8 Å². The molecule has 1 atom stereocenters. The van der Waals surface area contributed by atoms with Crippen LogP contribution in [0.15, 0.2) is 34.9 Å². The highest BCUT2D eigenvalue weighted by molar-refractivity contribution is 6.03. The number of aliphatic hydroxyl groups is 1. The van der Waals surface area contributed by atoms with Crippen LogP contribution in [0.25, 0.3) is 0 Å². The molecule has 0 radical (unpaired) electrons. The minimum atomic E-state index is -0.975. The predicted molar refractivity (Wildman–Crippen MR) is 66.5 cm³/mol. The van der Waals surface area contributed by atoms with Crippen molar-refractivity contribution in [3.8, 4) is 0 Å². The molecule has 0 saturated heterocycles. The van der Waals surface area contributed by atoms with Gasteiger partial charge in [-0.3, -0.25) is 9.59 Å². The van der Waals surface area contributed by atoms with Gasteiger partial charge in [-0.15, -0.1) is 0 Å². The minimum absolute atomic E-state index is 0.216. The van der Waals surface area contributed by atoms with Crippen molar-refractivity contribution in [3.63, 3.8) is 0 Å². The van der Waals surface area contributed by atoms with Gasteiger partial charge in [0.1, 0.15) is 12.4 Å². The molecule has 0 bridgehead atoms. The third kappa shape index (κ3) is 2.44. The molecule has 17 heavy (non-hydrogen) atoms. The van der Waals surface area contributed by atoms with Gasteiger partial charge in [-0.05, 0) is 36.6 Å². The molecule has 0 spiro atoms. The number of ketones is 1. The van der Waals surface area contributed by atoms with E-state index in [0.717, 1.165) is 17.4 Å². The van der Waals surface area contributed by atoms with Gasteiger partial charge in [0, 0.05) is 5.41 Å². The van der Waals surface area contributed by atoms with Crippen LogP contribution in [-0.4, -0.2) is 23.3 Å². The van der Waals surface area contributed by atoms with Crippen molar-refractivity contribution in [2.75, 3.05) is 0 Å². The zero-order valence-electron chi connectivity index (χ0n) is 10.7. The van der Waals surface area contributed by atoms with Gasteiger partial charge in [0.05, 0.1) is 0 Å². The first-order valence-electron chi connectivity index (χ1n) is 5.56. The van der Waals surface area contributed by atoms with E-state index in [1.54, 1.807) is 26.0 Å². The average molecular weight is 234 g/mol. The molecule has 0 aromatic heterocycles. The Labute approximate surface area is 102 Å². The summed E-state index contributed by atoms with van der Waals surface area (Å²) in [7, 11) is 0. The number of carbonyl (C=O) groups excluding carboxylic acids is 2. The van der Waals surface area contributed by atoms with E-state index < -0.39 is 11.5 Å². The maximum absolute atomic E-state index is 11.7. The van der Waals surface area contributed by atoms with E-state index >= 15 is 0 Å². The lowest BCUT2D eigenvalue weighted by atomic mass is 9.83. The topological polar surface area (TPSA) is 54.4 Å². The van der Waals surface area contributed by atoms with Crippen molar-refractivity contribution in [2.45, 2.75) is 33.8 Å². The summed E-state index contributed by atoms with van der Waals surface area (Å²) < 4.78 is 0. The fourth-order valence-corrected chi connectivity index (χ4v) is 2.01. The molecule has 0 aromatic rings. The maximum atomic E-state index is 11.7. The molecule has 0 aliphatic heterocycles. The second-order valence-electron chi connectivity index (χ2n) is 4.91. The molecule has 1 rings (SSSR count). The number of aldehydes is 1. The van der Waals surface area contributed by atoms with Gasteiger partial charge in [0.15, 0.2) is 5.78 Å². The van der Waals surface area contributed by atoms with Crippen LogP contribution in [0.4, 0.5) is 0 Å². The molecule has 0 amide bonds. The molecular formula is C14H18O3. The zero-order chi connectivity index (χ0) is 13.2. The number of hydrogen-bond donors (Lipinski definition) is 1. The maximum Gasteiger partial charge on any atom is 0.188 e. The molecule has 1 aliphatic rings. The molecule has 1 N–H and O–H groups in total. The number of hydrogen-bond acceptors (Lipinski definition) is 3. The smallest absolute Gasteiger partial charge is 0.188 e. The third-order valence-electron chi connectivity index (χ3n) is 3.24. The van der Waals surface area contributed by atoms with E-state index in [2.05, 4.69) is 0 Å². The second kappa shape index (κ2) is 4.80. The Balaban J connectivity index is 3.09. The molecule has 1 aliphatic carbocycles. The summed E-state index contributed by atoms with van der Waals surface area (Å²) in [6.07, 6.45) is 4.78. The summed E-state index contributed by atoms with van der Waals surface area (Å²) in [5.74, 6) is -0.216. The lowest BCUT2D eigenvalue weighted by Gasteiger charge is -2.24. The normalized spacial score (nSPS) is 24.9. The fraction of sp³-hybridized carbons (Fsp3) is 0.429. The third-order valence-corrected chi connectivity index (χ3v) is 3.24. The van der Waals surface area contributed by atoms with E-state index in [-0.39, 0.29) is 5.78 Å². The number of rotatable bonds is 3. The highest BCUT2D eigenvalue weighted by Gasteiger charge is 2.43. The Morgan fingerprint density at radius 2 is 2.00 bits per heavy atom. The average Bonchev–Trinajstić information content (AvgIpc) is 2.39. The summed E-state index contributed by atoms with van der Waals surface area (Å²) in [4.78, 5) is 22.0.